The summed E-state index contributed by atoms with van der Waals surface area (Å²) in [6.07, 6.45) is 0.921. The highest BCUT2D eigenvalue weighted by Gasteiger charge is 2.21. The van der Waals surface area contributed by atoms with Gasteiger partial charge < -0.3 is 14.8 Å². The van der Waals surface area contributed by atoms with Crippen LogP contribution < -0.4 is 14.8 Å². The number of ether oxygens (including phenoxy) is 2. The third kappa shape index (κ3) is 3.88. The van der Waals surface area contributed by atoms with Crippen molar-refractivity contribution in [3.8, 4) is 11.5 Å². The van der Waals surface area contributed by atoms with Crippen LogP contribution in [-0.2, 0) is 17.8 Å². The number of methoxy groups -OCH3 is 2. The lowest BCUT2D eigenvalue weighted by atomic mass is 9.99. The topological polar surface area (TPSA) is 50.8 Å². The molecule has 116 valence electrons. The maximum atomic E-state index is 11.9. The summed E-state index contributed by atoms with van der Waals surface area (Å²) >= 11 is 0. The number of nitrogens with zero attached hydrogens (tertiary/aromatic N) is 1. The van der Waals surface area contributed by atoms with Crippen LogP contribution >= 0.6 is 0 Å². The van der Waals surface area contributed by atoms with Gasteiger partial charge in [-0.3, -0.25) is 9.69 Å². The van der Waals surface area contributed by atoms with Gasteiger partial charge in [-0.1, -0.05) is 0 Å². The SMILES string of the molecule is COc1cc2c(cc1OC)CN(CC(=O)NC(C)C)CC2. The maximum absolute atomic E-state index is 11.9. The van der Waals surface area contributed by atoms with E-state index in [2.05, 4.69) is 10.2 Å². The van der Waals surface area contributed by atoms with Crippen molar-refractivity contribution >= 4 is 5.91 Å². The van der Waals surface area contributed by atoms with Crippen molar-refractivity contribution in [3.63, 3.8) is 0 Å². The van der Waals surface area contributed by atoms with Crippen LogP contribution in [0.15, 0.2) is 12.1 Å². The smallest absolute Gasteiger partial charge is 0.234 e. The largest absolute Gasteiger partial charge is 0.493 e. The summed E-state index contributed by atoms with van der Waals surface area (Å²) in [6, 6.07) is 4.24. The molecule has 0 saturated heterocycles. The Morgan fingerprint density at radius 3 is 2.43 bits per heavy atom. The number of nitrogens with one attached hydrogen (secondary N) is 1. The fraction of sp³-hybridized carbons (Fsp3) is 0.562. The maximum Gasteiger partial charge on any atom is 0.234 e. The molecule has 21 heavy (non-hydrogen) atoms. The molecule has 5 nitrogen and oxygen atoms in total. The molecule has 1 amide bonds. The minimum Gasteiger partial charge on any atom is -0.493 e. The van der Waals surface area contributed by atoms with Crippen LogP contribution in [0.4, 0.5) is 0 Å². The van der Waals surface area contributed by atoms with E-state index in [1.165, 1.54) is 11.1 Å². The molecule has 2 rings (SSSR count). The van der Waals surface area contributed by atoms with E-state index >= 15 is 0 Å². The highest BCUT2D eigenvalue weighted by Crippen LogP contribution is 2.33. The van der Waals surface area contributed by atoms with E-state index in [-0.39, 0.29) is 11.9 Å². The molecule has 0 aliphatic carbocycles. The van der Waals surface area contributed by atoms with E-state index in [0.29, 0.717) is 6.54 Å². The first-order chi connectivity index (χ1) is 10.0. The van der Waals surface area contributed by atoms with Gasteiger partial charge in [-0.25, -0.2) is 0 Å². The molecule has 0 unspecified atom stereocenters. The molecule has 1 aliphatic heterocycles. The van der Waals surface area contributed by atoms with Crippen molar-refractivity contribution in [2.75, 3.05) is 27.3 Å². The van der Waals surface area contributed by atoms with Crippen LogP contribution in [0.5, 0.6) is 11.5 Å². The standard InChI is InChI=1S/C16H24N2O3/c1-11(2)17-16(19)10-18-6-5-12-7-14(20-3)15(21-4)8-13(12)9-18/h7-8,11H,5-6,9-10H2,1-4H3,(H,17,19). The summed E-state index contributed by atoms with van der Waals surface area (Å²) in [5.41, 5.74) is 2.48. The van der Waals surface area contributed by atoms with Gasteiger partial charge in [0.25, 0.3) is 0 Å². The Bertz CT molecular complexity index is 514. The van der Waals surface area contributed by atoms with Gasteiger partial charge in [-0.2, -0.15) is 0 Å². The van der Waals surface area contributed by atoms with Gasteiger partial charge in [0.2, 0.25) is 5.91 Å². The van der Waals surface area contributed by atoms with Crippen molar-refractivity contribution in [2.24, 2.45) is 0 Å². The lowest BCUT2D eigenvalue weighted by Crippen LogP contribution is -2.42. The van der Waals surface area contributed by atoms with Crippen molar-refractivity contribution in [3.05, 3.63) is 23.3 Å². The second-order valence-corrected chi connectivity index (χ2v) is 5.66. The highest BCUT2D eigenvalue weighted by atomic mass is 16.5. The van der Waals surface area contributed by atoms with Gasteiger partial charge >= 0.3 is 0 Å². The number of rotatable bonds is 5. The number of carbonyl (C=O) groups excluding carboxylic acids is 1. The molecule has 1 aliphatic rings. The fourth-order valence-electron chi connectivity index (χ4n) is 2.65. The van der Waals surface area contributed by atoms with Gasteiger partial charge in [-0.05, 0) is 43.5 Å². The molecule has 1 heterocycles. The summed E-state index contributed by atoms with van der Waals surface area (Å²) in [6.45, 7) is 6.03. The Kier molecular flexibility index (Phi) is 5.07. The first-order valence-electron chi connectivity index (χ1n) is 7.29. The molecule has 0 atom stereocenters. The van der Waals surface area contributed by atoms with Crippen molar-refractivity contribution in [1.29, 1.82) is 0 Å². The summed E-state index contributed by atoms with van der Waals surface area (Å²) < 4.78 is 10.7. The van der Waals surface area contributed by atoms with E-state index < -0.39 is 0 Å². The Morgan fingerprint density at radius 1 is 1.24 bits per heavy atom. The van der Waals surface area contributed by atoms with Crippen molar-refractivity contribution in [1.82, 2.24) is 10.2 Å². The Hall–Kier alpha value is -1.75. The summed E-state index contributed by atoms with van der Waals surface area (Å²) in [4.78, 5) is 14.0. The third-order valence-electron chi connectivity index (χ3n) is 3.61. The molecule has 0 bridgehead atoms. The number of hydrogen-bond donors (Lipinski definition) is 1. The number of benzene rings is 1. The molecule has 1 aromatic rings. The zero-order valence-corrected chi connectivity index (χ0v) is 13.2. The predicted molar refractivity (Wildman–Crippen MR) is 81.8 cm³/mol. The van der Waals surface area contributed by atoms with E-state index in [9.17, 15) is 4.79 Å². The van der Waals surface area contributed by atoms with Crippen LogP contribution in [-0.4, -0.2) is 44.2 Å². The van der Waals surface area contributed by atoms with Gasteiger partial charge in [-0.15, -0.1) is 0 Å². The second kappa shape index (κ2) is 6.80. The summed E-state index contributed by atoms with van der Waals surface area (Å²) in [5.74, 6) is 1.58. The fourth-order valence-corrected chi connectivity index (χ4v) is 2.65. The summed E-state index contributed by atoms with van der Waals surface area (Å²) in [7, 11) is 3.29. The summed E-state index contributed by atoms with van der Waals surface area (Å²) in [5, 5.41) is 2.93. The van der Waals surface area contributed by atoms with Crippen LogP contribution in [0.1, 0.15) is 25.0 Å². The zero-order chi connectivity index (χ0) is 15.4. The van der Waals surface area contributed by atoms with Crippen molar-refractivity contribution in [2.45, 2.75) is 32.9 Å². The van der Waals surface area contributed by atoms with Crippen LogP contribution in [0.3, 0.4) is 0 Å². The molecule has 0 saturated carbocycles. The third-order valence-corrected chi connectivity index (χ3v) is 3.61. The lowest BCUT2D eigenvalue weighted by molar-refractivity contribution is -0.122. The van der Waals surface area contributed by atoms with E-state index in [1.807, 2.05) is 26.0 Å². The predicted octanol–water partition coefficient (Wildman–Crippen LogP) is 1.59. The number of amides is 1. The van der Waals surface area contributed by atoms with Crippen LogP contribution in [0, 0.1) is 0 Å². The first-order valence-corrected chi connectivity index (χ1v) is 7.29. The molecular weight excluding hydrogens is 268 g/mol. The Labute approximate surface area is 126 Å². The monoisotopic (exact) mass is 292 g/mol. The Balaban J connectivity index is 2.07. The van der Waals surface area contributed by atoms with E-state index in [1.54, 1.807) is 14.2 Å². The quantitative estimate of drug-likeness (QED) is 0.895. The lowest BCUT2D eigenvalue weighted by Gasteiger charge is -2.29. The average Bonchev–Trinajstić information content (AvgIpc) is 2.44. The normalized spacial score (nSPS) is 14.7. The molecule has 1 N–H and O–H groups in total. The number of hydrogen-bond acceptors (Lipinski definition) is 4. The number of carbonyl (C=O) groups is 1. The molecular formula is C16H24N2O3. The molecule has 0 aromatic heterocycles. The van der Waals surface area contributed by atoms with E-state index in [4.69, 9.17) is 9.47 Å². The molecule has 5 heteroatoms. The van der Waals surface area contributed by atoms with Gasteiger partial charge in [0, 0.05) is 19.1 Å². The minimum absolute atomic E-state index is 0.0777. The van der Waals surface area contributed by atoms with Crippen LogP contribution in [0.2, 0.25) is 0 Å². The zero-order valence-electron chi connectivity index (χ0n) is 13.2. The highest BCUT2D eigenvalue weighted by molar-refractivity contribution is 5.78. The van der Waals surface area contributed by atoms with Crippen LogP contribution in [0.25, 0.3) is 0 Å². The second-order valence-electron chi connectivity index (χ2n) is 5.66. The first kappa shape index (κ1) is 15.6. The van der Waals surface area contributed by atoms with Gasteiger partial charge in [0.1, 0.15) is 0 Å². The van der Waals surface area contributed by atoms with Crippen molar-refractivity contribution < 1.29 is 14.3 Å². The molecule has 0 fully saturated rings. The van der Waals surface area contributed by atoms with E-state index in [0.717, 1.165) is 31.0 Å². The molecule has 1 aromatic carbocycles. The molecule has 0 spiro atoms. The Morgan fingerprint density at radius 2 is 1.86 bits per heavy atom. The van der Waals surface area contributed by atoms with Gasteiger partial charge in [0.05, 0.1) is 20.8 Å². The molecule has 0 radical (unpaired) electrons. The minimum atomic E-state index is 0.0777. The van der Waals surface area contributed by atoms with Gasteiger partial charge in [0.15, 0.2) is 11.5 Å². The average molecular weight is 292 g/mol. The number of fused-ring (bicyclic) bond motifs is 1.